The molecule has 0 bridgehead atoms. The Morgan fingerprint density at radius 3 is 2.35 bits per heavy atom. The quantitative estimate of drug-likeness (QED) is 0.615. The third-order valence-electron chi connectivity index (χ3n) is 2.41. The topological polar surface area (TPSA) is 58.2 Å². The van der Waals surface area contributed by atoms with E-state index < -0.39 is 11.4 Å². The van der Waals surface area contributed by atoms with E-state index >= 15 is 0 Å². The summed E-state index contributed by atoms with van der Waals surface area (Å²) in [6, 6.07) is 5.59. The fraction of sp³-hybridized carbons (Fsp3) is 0.333. The van der Waals surface area contributed by atoms with Crippen molar-refractivity contribution < 1.29 is 22.8 Å². The zero-order valence-electron chi connectivity index (χ0n) is 12.6. The second-order valence-electron chi connectivity index (χ2n) is 4.89. The van der Waals surface area contributed by atoms with Crippen molar-refractivity contribution >= 4 is 29.7 Å². The summed E-state index contributed by atoms with van der Waals surface area (Å²) < 4.78 is 36.6. The molecular formula is C15H17F3N2O2S. The average molecular weight is 346 g/mol. The summed E-state index contributed by atoms with van der Waals surface area (Å²) in [6.45, 7) is 3.48. The van der Waals surface area contributed by atoms with Crippen LogP contribution in [-0.2, 0) is 9.59 Å². The number of nitrogens with one attached hydrogen (secondary N) is 2. The van der Waals surface area contributed by atoms with Gasteiger partial charge in [-0.05, 0) is 49.4 Å². The molecule has 0 spiro atoms. The van der Waals surface area contributed by atoms with Crippen LogP contribution in [0.4, 0.5) is 13.2 Å². The fourth-order valence-corrected chi connectivity index (χ4v) is 2.09. The summed E-state index contributed by atoms with van der Waals surface area (Å²) in [7, 11) is 0. The van der Waals surface area contributed by atoms with E-state index in [0.717, 1.165) is 0 Å². The minimum Gasteiger partial charge on any atom is -0.352 e. The van der Waals surface area contributed by atoms with Gasteiger partial charge in [-0.1, -0.05) is 12.1 Å². The van der Waals surface area contributed by atoms with Crippen molar-refractivity contribution in [2.45, 2.75) is 30.3 Å². The van der Waals surface area contributed by atoms with Crippen molar-refractivity contribution in [1.29, 1.82) is 0 Å². The lowest BCUT2D eigenvalue weighted by molar-refractivity contribution is -0.124. The molecule has 0 aliphatic heterocycles. The van der Waals surface area contributed by atoms with Gasteiger partial charge in [0.05, 0.1) is 6.54 Å². The summed E-state index contributed by atoms with van der Waals surface area (Å²) in [5.41, 5.74) is -3.74. The molecule has 0 fully saturated rings. The van der Waals surface area contributed by atoms with Crippen LogP contribution in [0.15, 0.2) is 35.2 Å². The number of carbonyl (C=O) groups is 2. The van der Waals surface area contributed by atoms with Gasteiger partial charge in [0.2, 0.25) is 11.8 Å². The van der Waals surface area contributed by atoms with Crippen molar-refractivity contribution in [2.75, 3.05) is 6.54 Å². The maximum atomic E-state index is 12.2. The number of hydrogen-bond acceptors (Lipinski definition) is 3. The number of benzene rings is 1. The minimum absolute atomic E-state index is 0.0111. The molecule has 0 unspecified atom stereocenters. The number of thioether (sulfide) groups is 1. The van der Waals surface area contributed by atoms with Gasteiger partial charge in [-0.2, -0.15) is 13.2 Å². The SMILES string of the molecule is CC(C)NC(=O)CNC(=O)/C=C/c1ccc(SC(F)(F)F)cc1. The van der Waals surface area contributed by atoms with Crippen molar-refractivity contribution in [3.63, 3.8) is 0 Å². The van der Waals surface area contributed by atoms with Crippen LogP contribution in [0.2, 0.25) is 0 Å². The van der Waals surface area contributed by atoms with Gasteiger partial charge in [0.15, 0.2) is 0 Å². The average Bonchev–Trinajstić information content (AvgIpc) is 2.42. The van der Waals surface area contributed by atoms with E-state index in [0.29, 0.717) is 5.56 Å². The third-order valence-corrected chi connectivity index (χ3v) is 3.15. The smallest absolute Gasteiger partial charge is 0.352 e. The van der Waals surface area contributed by atoms with E-state index in [4.69, 9.17) is 0 Å². The first-order valence-electron chi connectivity index (χ1n) is 6.77. The van der Waals surface area contributed by atoms with Crippen LogP contribution in [0.25, 0.3) is 6.08 Å². The van der Waals surface area contributed by atoms with Crippen molar-refractivity contribution in [2.24, 2.45) is 0 Å². The second kappa shape index (κ2) is 8.61. The van der Waals surface area contributed by atoms with Crippen LogP contribution in [-0.4, -0.2) is 29.9 Å². The Balaban J connectivity index is 2.47. The zero-order chi connectivity index (χ0) is 17.5. The highest BCUT2D eigenvalue weighted by molar-refractivity contribution is 8.00. The summed E-state index contributed by atoms with van der Waals surface area (Å²) in [6.07, 6.45) is 2.67. The molecule has 8 heteroatoms. The molecule has 1 aromatic carbocycles. The number of alkyl halides is 3. The van der Waals surface area contributed by atoms with Gasteiger partial charge in [-0.3, -0.25) is 9.59 Å². The van der Waals surface area contributed by atoms with Crippen molar-refractivity contribution in [3.8, 4) is 0 Å². The molecule has 1 rings (SSSR count). The predicted octanol–water partition coefficient (Wildman–Crippen LogP) is 2.95. The van der Waals surface area contributed by atoms with Gasteiger partial charge in [-0.15, -0.1) is 0 Å². The lowest BCUT2D eigenvalue weighted by atomic mass is 10.2. The Morgan fingerprint density at radius 2 is 1.83 bits per heavy atom. The Kier molecular flexibility index (Phi) is 7.15. The summed E-state index contributed by atoms with van der Waals surface area (Å²) >= 11 is -0.198. The molecule has 0 aromatic heterocycles. The Morgan fingerprint density at radius 1 is 1.22 bits per heavy atom. The lowest BCUT2D eigenvalue weighted by Gasteiger charge is -2.08. The van der Waals surface area contributed by atoms with E-state index in [1.807, 2.05) is 0 Å². The van der Waals surface area contributed by atoms with Crippen molar-refractivity contribution in [1.82, 2.24) is 10.6 Å². The number of hydrogen-bond donors (Lipinski definition) is 2. The standard InChI is InChI=1S/C15H17F3N2O2S/c1-10(2)20-14(22)9-19-13(21)8-5-11-3-6-12(7-4-11)23-15(16,17)18/h3-8,10H,9H2,1-2H3,(H,19,21)(H,20,22)/b8-5+. The molecule has 2 N–H and O–H groups in total. The molecule has 0 heterocycles. The highest BCUT2D eigenvalue weighted by Crippen LogP contribution is 2.36. The van der Waals surface area contributed by atoms with E-state index in [1.54, 1.807) is 13.8 Å². The molecule has 1 aromatic rings. The van der Waals surface area contributed by atoms with Gasteiger partial charge in [0, 0.05) is 17.0 Å². The molecule has 0 aliphatic carbocycles. The first-order chi connectivity index (χ1) is 10.7. The summed E-state index contributed by atoms with van der Waals surface area (Å²) in [5, 5.41) is 5.03. The Hall–Kier alpha value is -1.96. The van der Waals surface area contributed by atoms with Crippen molar-refractivity contribution in [3.05, 3.63) is 35.9 Å². The van der Waals surface area contributed by atoms with E-state index in [-0.39, 0.29) is 35.2 Å². The Bertz CT molecular complexity index is 569. The lowest BCUT2D eigenvalue weighted by Crippen LogP contribution is -2.39. The molecular weight excluding hydrogens is 329 g/mol. The summed E-state index contributed by atoms with van der Waals surface area (Å²) in [5.74, 6) is -0.757. The van der Waals surface area contributed by atoms with E-state index in [2.05, 4.69) is 10.6 Å². The van der Waals surface area contributed by atoms with Gasteiger partial charge >= 0.3 is 5.51 Å². The molecule has 4 nitrogen and oxygen atoms in total. The van der Waals surface area contributed by atoms with Crippen LogP contribution >= 0.6 is 11.8 Å². The van der Waals surface area contributed by atoms with E-state index in [1.165, 1.54) is 36.4 Å². The maximum Gasteiger partial charge on any atom is 0.446 e. The van der Waals surface area contributed by atoms with Crippen LogP contribution < -0.4 is 10.6 Å². The second-order valence-corrected chi connectivity index (χ2v) is 6.03. The molecule has 126 valence electrons. The minimum atomic E-state index is -4.33. The molecule has 0 saturated heterocycles. The fourth-order valence-electron chi connectivity index (χ4n) is 1.55. The monoisotopic (exact) mass is 346 g/mol. The Labute approximate surface area is 136 Å². The molecule has 0 radical (unpaired) electrons. The largest absolute Gasteiger partial charge is 0.446 e. The normalized spacial score (nSPS) is 11.7. The molecule has 23 heavy (non-hydrogen) atoms. The number of rotatable bonds is 6. The summed E-state index contributed by atoms with van der Waals surface area (Å²) in [4.78, 5) is 22.9. The van der Waals surface area contributed by atoms with E-state index in [9.17, 15) is 22.8 Å². The van der Waals surface area contributed by atoms with Gasteiger partial charge < -0.3 is 10.6 Å². The van der Waals surface area contributed by atoms with Gasteiger partial charge in [0.1, 0.15) is 0 Å². The van der Waals surface area contributed by atoms with Crippen LogP contribution in [0.5, 0.6) is 0 Å². The highest BCUT2D eigenvalue weighted by atomic mass is 32.2. The molecule has 0 aliphatic rings. The zero-order valence-corrected chi connectivity index (χ0v) is 13.4. The number of halogens is 3. The first-order valence-corrected chi connectivity index (χ1v) is 7.58. The van der Waals surface area contributed by atoms with Crippen LogP contribution in [0.3, 0.4) is 0 Å². The maximum absolute atomic E-state index is 12.2. The van der Waals surface area contributed by atoms with Gasteiger partial charge in [-0.25, -0.2) is 0 Å². The molecule has 0 saturated carbocycles. The highest BCUT2D eigenvalue weighted by Gasteiger charge is 2.28. The first kappa shape index (κ1) is 19.1. The van der Waals surface area contributed by atoms with Gasteiger partial charge in [0.25, 0.3) is 0 Å². The molecule has 0 atom stereocenters. The van der Waals surface area contributed by atoms with Crippen LogP contribution in [0.1, 0.15) is 19.4 Å². The van der Waals surface area contributed by atoms with Crippen LogP contribution in [0, 0.1) is 0 Å². The number of amides is 2. The number of carbonyl (C=O) groups excluding carboxylic acids is 2. The molecule has 2 amide bonds. The third kappa shape index (κ3) is 8.92. The predicted molar refractivity (Wildman–Crippen MR) is 83.7 cm³/mol.